The van der Waals surface area contributed by atoms with Crippen LogP contribution in [-0.4, -0.2) is 10.9 Å². The molecule has 0 aromatic rings. The molecule has 10 heavy (non-hydrogen) atoms. The zero-order chi connectivity index (χ0) is 6.97. The van der Waals surface area contributed by atoms with Crippen molar-refractivity contribution in [2.45, 2.75) is 19.4 Å². The zero-order valence-corrected chi connectivity index (χ0v) is 6.12. The van der Waals surface area contributed by atoms with Crippen molar-refractivity contribution in [1.29, 1.82) is 0 Å². The monoisotopic (exact) mass is 133 g/mol. The largest absolute Gasteiger partial charge is 0.347 e. The molecule has 2 heterocycles. The van der Waals surface area contributed by atoms with Gasteiger partial charge in [0.05, 0.1) is 6.04 Å². The van der Waals surface area contributed by atoms with Gasteiger partial charge in [-0.05, 0) is 19.4 Å². The third kappa shape index (κ3) is 0.783. The van der Waals surface area contributed by atoms with Gasteiger partial charge < -0.3 is 4.90 Å². The molecule has 0 fully saturated rings. The lowest BCUT2D eigenvalue weighted by molar-refractivity contribution is 0.455. The molecule has 1 unspecified atom stereocenters. The summed E-state index contributed by atoms with van der Waals surface area (Å²) in [5.74, 6) is 0. The molecule has 0 saturated heterocycles. The second kappa shape index (κ2) is 2.01. The van der Waals surface area contributed by atoms with Gasteiger partial charge in [0.15, 0.2) is 0 Å². The van der Waals surface area contributed by atoms with Crippen molar-refractivity contribution in [1.82, 2.24) is 4.90 Å². The molecule has 0 spiro atoms. The Kier molecular flexibility index (Phi) is 1.16. The highest BCUT2D eigenvalue weighted by Crippen LogP contribution is 2.24. The second-order valence-electron chi connectivity index (χ2n) is 2.92. The first kappa shape index (κ1) is 5.78. The van der Waals surface area contributed by atoms with Gasteiger partial charge in [0.1, 0.15) is 0 Å². The molecule has 0 aliphatic carbocycles. The van der Waals surface area contributed by atoms with Gasteiger partial charge in [-0.2, -0.15) is 0 Å². The number of allylic oxidation sites excluding steroid dienone is 2. The minimum Gasteiger partial charge on any atom is -0.347 e. The molecule has 0 N–H and O–H groups in total. The maximum absolute atomic E-state index is 2.26. The minimum absolute atomic E-state index is 0.616. The fourth-order valence-electron chi connectivity index (χ4n) is 1.50. The van der Waals surface area contributed by atoms with E-state index >= 15 is 0 Å². The molecule has 0 saturated carbocycles. The normalized spacial score (nSPS) is 28.7. The molecule has 0 aromatic carbocycles. The molecule has 52 valence electrons. The predicted molar refractivity (Wildman–Crippen MR) is 42.3 cm³/mol. The van der Waals surface area contributed by atoms with E-state index in [1.54, 1.807) is 0 Å². The molecule has 2 rings (SSSR count). The Bertz CT molecular complexity index is 223. The summed E-state index contributed by atoms with van der Waals surface area (Å²) in [4.78, 5) is 2.26. The van der Waals surface area contributed by atoms with Crippen LogP contribution >= 0.6 is 0 Å². The summed E-state index contributed by atoms with van der Waals surface area (Å²) in [5, 5.41) is 0. The van der Waals surface area contributed by atoms with Crippen LogP contribution in [0.4, 0.5) is 0 Å². The van der Waals surface area contributed by atoms with Gasteiger partial charge in [0.2, 0.25) is 0 Å². The van der Waals surface area contributed by atoms with Gasteiger partial charge in [-0.3, -0.25) is 0 Å². The lowest BCUT2D eigenvalue weighted by atomic mass is 10.1. The van der Waals surface area contributed by atoms with Crippen molar-refractivity contribution in [3.8, 4) is 0 Å². The van der Waals surface area contributed by atoms with Crippen LogP contribution in [0.3, 0.4) is 0 Å². The van der Waals surface area contributed by atoms with Crippen molar-refractivity contribution in [2.24, 2.45) is 0 Å². The van der Waals surface area contributed by atoms with Crippen LogP contribution in [-0.2, 0) is 0 Å². The van der Waals surface area contributed by atoms with E-state index in [-0.39, 0.29) is 0 Å². The molecule has 0 aromatic heterocycles. The van der Waals surface area contributed by atoms with Gasteiger partial charge in [0, 0.05) is 12.4 Å². The van der Waals surface area contributed by atoms with Crippen molar-refractivity contribution < 1.29 is 0 Å². The molecule has 1 heteroatoms. The van der Waals surface area contributed by atoms with Crippen LogP contribution in [0.2, 0.25) is 0 Å². The Morgan fingerprint density at radius 2 is 2.40 bits per heavy atom. The van der Waals surface area contributed by atoms with E-state index < -0.39 is 0 Å². The standard InChI is InChI=1S/C9H11N/c1-8-6-9-4-2-3-5-10(9)7-8/h2-5,7,9H,6H2,1H3. The summed E-state index contributed by atoms with van der Waals surface area (Å²) in [6.07, 6.45) is 12.0. The summed E-state index contributed by atoms with van der Waals surface area (Å²) in [7, 11) is 0. The van der Waals surface area contributed by atoms with Crippen LogP contribution in [0.5, 0.6) is 0 Å². The van der Waals surface area contributed by atoms with E-state index in [9.17, 15) is 0 Å². The molecule has 1 atom stereocenters. The maximum Gasteiger partial charge on any atom is 0.0551 e. The fraction of sp³-hybridized carbons (Fsp3) is 0.333. The highest BCUT2D eigenvalue weighted by Gasteiger charge is 2.18. The fourth-order valence-corrected chi connectivity index (χ4v) is 1.50. The maximum atomic E-state index is 2.26. The first-order chi connectivity index (χ1) is 4.86. The molecule has 0 bridgehead atoms. The Labute approximate surface area is 61.3 Å². The lowest BCUT2D eigenvalue weighted by Gasteiger charge is -2.20. The lowest BCUT2D eigenvalue weighted by Crippen LogP contribution is -2.20. The highest BCUT2D eigenvalue weighted by molar-refractivity contribution is 5.23. The smallest absolute Gasteiger partial charge is 0.0551 e. The third-order valence-electron chi connectivity index (χ3n) is 1.99. The Balaban J connectivity index is 2.24. The second-order valence-corrected chi connectivity index (χ2v) is 2.92. The van der Waals surface area contributed by atoms with Crippen LogP contribution in [0.15, 0.2) is 36.2 Å². The van der Waals surface area contributed by atoms with Crippen molar-refractivity contribution in [2.75, 3.05) is 0 Å². The Morgan fingerprint density at radius 3 is 3.20 bits per heavy atom. The molecule has 2 aliphatic heterocycles. The highest BCUT2D eigenvalue weighted by atomic mass is 15.1. The Morgan fingerprint density at radius 1 is 1.50 bits per heavy atom. The van der Waals surface area contributed by atoms with Gasteiger partial charge in [-0.1, -0.05) is 17.7 Å². The van der Waals surface area contributed by atoms with Gasteiger partial charge >= 0.3 is 0 Å². The van der Waals surface area contributed by atoms with E-state index in [1.807, 2.05) is 0 Å². The summed E-state index contributed by atoms with van der Waals surface area (Å²) in [5.41, 5.74) is 1.47. The molecule has 1 nitrogen and oxygen atoms in total. The summed E-state index contributed by atoms with van der Waals surface area (Å²) in [6, 6.07) is 0.616. The van der Waals surface area contributed by atoms with Gasteiger partial charge in [-0.15, -0.1) is 0 Å². The van der Waals surface area contributed by atoms with E-state index in [1.165, 1.54) is 12.0 Å². The van der Waals surface area contributed by atoms with E-state index in [4.69, 9.17) is 0 Å². The average molecular weight is 133 g/mol. The van der Waals surface area contributed by atoms with Crippen molar-refractivity contribution in [3.63, 3.8) is 0 Å². The van der Waals surface area contributed by atoms with E-state index in [2.05, 4.69) is 42.5 Å². The molecule has 2 aliphatic rings. The van der Waals surface area contributed by atoms with E-state index in [0.717, 1.165) is 0 Å². The van der Waals surface area contributed by atoms with Crippen LogP contribution < -0.4 is 0 Å². The first-order valence-electron chi connectivity index (χ1n) is 3.66. The number of hydrogen-bond acceptors (Lipinski definition) is 1. The number of fused-ring (bicyclic) bond motifs is 1. The third-order valence-corrected chi connectivity index (χ3v) is 1.99. The summed E-state index contributed by atoms with van der Waals surface area (Å²) < 4.78 is 0. The summed E-state index contributed by atoms with van der Waals surface area (Å²) in [6.45, 7) is 2.18. The topological polar surface area (TPSA) is 3.24 Å². The zero-order valence-electron chi connectivity index (χ0n) is 6.12. The number of hydrogen-bond donors (Lipinski definition) is 0. The number of rotatable bonds is 0. The molecular formula is C9H11N. The average Bonchev–Trinajstić information content (AvgIpc) is 2.27. The SMILES string of the molecule is CC1=CN2C=CC=CC2C1. The summed E-state index contributed by atoms with van der Waals surface area (Å²) >= 11 is 0. The van der Waals surface area contributed by atoms with Crippen molar-refractivity contribution >= 4 is 0 Å². The van der Waals surface area contributed by atoms with Crippen LogP contribution in [0.25, 0.3) is 0 Å². The quantitative estimate of drug-likeness (QED) is 0.489. The Hall–Kier alpha value is -0.980. The minimum atomic E-state index is 0.616. The van der Waals surface area contributed by atoms with Crippen molar-refractivity contribution in [3.05, 3.63) is 36.2 Å². The molecule has 0 radical (unpaired) electrons. The first-order valence-corrected chi connectivity index (χ1v) is 3.66. The van der Waals surface area contributed by atoms with Crippen LogP contribution in [0, 0.1) is 0 Å². The predicted octanol–water partition coefficient (Wildman–Crippen LogP) is 2.05. The van der Waals surface area contributed by atoms with Gasteiger partial charge in [-0.25, -0.2) is 0 Å². The van der Waals surface area contributed by atoms with Gasteiger partial charge in [0.25, 0.3) is 0 Å². The van der Waals surface area contributed by atoms with Crippen LogP contribution in [0.1, 0.15) is 13.3 Å². The van der Waals surface area contributed by atoms with E-state index in [0.29, 0.717) is 6.04 Å². The number of nitrogens with zero attached hydrogens (tertiary/aromatic N) is 1. The molecule has 0 amide bonds. The molecular weight excluding hydrogens is 122 g/mol.